The molecule has 106 valence electrons. The van der Waals surface area contributed by atoms with Crippen molar-refractivity contribution < 1.29 is 17.9 Å². The fraction of sp³-hybridized carbons (Fsp3) is 0.200. The zero-order valence-corrected chi connectivity index (χ0v) is 10.8. The Kier molecular flexibility index (Phi) is 3.99. The molecule has 0 saturated heterocycles. The Morgan fingerprint density at radius 2 is 1.35 bits per heavy atom. The van der Waals surface area contributed by atoms with Gasteiger partial charge in [0.1, 0.15) is 5.75 Å². The number of methoxy groups -OCH3 is 1. The molecule has 0 saturated carbocycles. The van der Waals surface area contributed by atoms with E-state index in [9.17, 15) is 13.2 Å². The lowest BCUT2D eigenvalue weighted by molar-refractivity contribution is -0.137. The minimum absolute atomic E-state index is 0.469. The van der Waals surface area contributed by atoms with Crippen LogP contribution in [0.4, 0.5) is 13.2 Å². The minimum atomic E-state index is -4.33. The summed E-state index contributed by atoms with van der Waals surface area (Å²) in [6.07, 6.45) is -4.33. The van der Waals surface area contributed by atoms with Gasteiger partial charge in [0, 0.05) is 0 Å². The molecule has 20 heavy (non-hydrogen) atoms. The molecule has 2 aromatic carbocycles. The molecular weight excluding hydrogens is 267 g/mol. The summed E-state index contributed by atoms with van der Waals surface area (Å²) in [5.74, 6) is 0.702. The third-order valence-corrected chi connectivity index (χ3v) is 3.07. The highest BCUT2D eigenvalue weighted by Gasteiger charge is 2.30. The van der Waals surface area contributed by atoms with Gasteiger partial charge in [-0.2, -0.15) is 13.2 Å². The maximum absolute atomic E-state index is 12.5. The highest BCUT2D eigenvalue weighted by atomic mass is 19.4. The lowest BCUT2D eigenvalue weighted by Gasteiger charge is -2.14. The van der Waals surface area contributed by atoms with Gasteiger partial charge in [0.25, 0.3) is 0 Å². The highest BCUT2D eigenvalue weighted by molar-refractivity contribution is 5.36. The Balaban J connectivity index is 2.22. The summed E-state index contributed by atoms with van der Waals surface area (Å²) in [6, 6.07) is 11.5. The molecule has 2 nitrogen and oxygen atoms in total. The average Bonchev–Trinajstić information content (AvgIpc) is 2.46. The number of hydrogen-bond donors (Lipinski definition) is 1. The van der Waals surface area contributed by atoms with Crippen molar-refractivity contribution in [2.45, 2.75) is 12.2 Å². The van der Waals surface area contributed by atoms with E-state index in [2.05, 4.69) is 0 Å². The van der Waals surface area contributed by atoms with E-state index < -0.39 is 17.8 Å². The second-order valence-corrected chi connectivity index (χ2v) is 4.37. The molecule has 0 radical (unpaired) electrons. The molecule has 1 unspecified atom stereocenters. The van der Waals surface area contributed by atoms with Crippen LogP contribution in [0.1, 0.15) is 22.7 Å². The van der Waals surface area contributed by atoms with Crippen LogP contribution in [0.2, 0.25) is 0 Å². The van der Waals surface area contributed by atoms with E-state index in [1.54, 1.807) is 31.4 Å². The Morgan fingerprint density at radius 3 is 1.75 bits per heavy atom. The first-order chi connectivity index (χ1) is 9.41. The van der Waals surface area contributed by atoms with E-state index >= 15 is 0 Å². The maximum atomic E-state index is 12.5. The number of alkyl halides is 3. The molecule has 2 rings (SSSR count). The second-order valence-electron chi connectivity index (χ2n) is 4.37. The molecule has 0 aliphatic carbocycles. The lowest BCUT2D eigenvalue weighted by Crippen LogP contribution is -2.12. The SMILES string of the molecule is COc1ccc(C(N)c2ccc(C(F)(F)F)cc2)cc1. The van der Waals surface area contributed by atoms with Crippen molar-refractivity contribution in [2.75, 3.05) is 7.11 Å². The smallest absolute Gasteiger partial charge is 0.416 e. The monoisotopic (exact) mass is 281 g/mol. The van der Waals surface area contributed by atoms with Crippen LogP contribution in [0.5, 0.6) is 5.75 Å². The Morgan fingerprint density at radius 1 is 0.900 bits per heavy atom. The van der Waals surface area contributed by atoms with E-state index in [0.717, 1.165) is 17.7 Å². The number of benzene rings is 2. The summed E-state index contributed by atoms with van der Waals surface area (Å²) < 4.78 is 42.5. The molecule has 0 fully saturated rings. The van der Waals surface area contributed by atoms with E-state index in [1.807, 2.05) is 0 Å². The average molecular weight is 281 g/mol. The van der Waals surface area contributed by atoms with Crippen LogP contribution < -0.4 is 10.5 Å². The molecule has 0 heterocycles. The lowest BCUT2D eigenvalue weighted by atomic mass is 9.98. The minimum Gasteiger partial charge on any atom is -0.497 e. The van der Waals surface area contributed by atoms with Gasteiger partial charge in [0.2, 0.25) is 0 Å². The predicted octanol–water partition coefficient (Wildman–Crippen LogP) is 3.76. The van der Waals surface area contributed by atoms with Gasteiger partial charge in [-0.1, -0.05) is 24.3 Å². The Bertz CT molecular complexity index is 561. The van der Waals surface area contributed by atoms with E-state index in [-0.39, 0.29) is 0 Å². The largest absolute Gasteiger partial charge is 0.497 e. The molecule has 2 N–H and O–H groups in total. The topological polar surface area (TPSA) is 35.2 Å². The fourth-order valence-electron chi connectivity index (χ4n) is 1.88. The molecule has 2 aromatic rings. The molecule has 0 aliphatic heterocycles. The molecule has 1 atom stereocenters. The standard InChI is InChI=1S/C15H14F3NO/c1-20-13-8-4-11(5-9-13)14(19)10-2-6-12(7-3-10)15(16,17)18/h2-9,14H,19H2,1H3. The summed E-state index contributed by atoms with van der Waals surface area (Å²) in [4.78, 5) is 0. The summed E-state index contributed by atoms with van der Waals surface area (Å²) in [6.45, 7) is 0. The normalized spacial score (nSPS) is 13.1. The van der Waals surface area contributed by atoms with Gasteiger partial charge < -0.3 is 10.5 Å². The zero-order valence-electron chi connectivity index (χ0n) is 10.8. The first-order valence-electron chi connectivity index (χ1n) is 5.98. The highest BCUT2D eigenvalue weighted by Crippen LogP contribution is 2.30. The van der Waals surface area contributed by atoms with Crippen LogP contribution in [0.25, 0.3) is 0 Å². The van der Waals surface area contributed by atoms with Crippen LogP contribution in [0.15, 0.2) is 48.5 Å². The van der Waals surface area contributed by atoms with Crippen molar-refractivity contribution in [3.05, 3.63) is 65.2 Å². The van der Waals surface area contributed by atoms with E-state index in [4.69, 9.17) is 10.5 Å². The van der Waals surface area contributed by atoms with E-state index in [1.165, 1.54) is 12.1 Å². The van der Waals surface area contributed by atoms with Crippen molar-refractivity contribution in [3.8, 4) is 5.75 Å². The summed E-state index contributed by atoms with van der Waals surface area (Å²) in [7, 11) is 1.56. The number of nitrogens with two attached hydrogens (primary N) is 1. The number of ether oxygens (including phenoxy) is 1. The van der Waals surface area contributed by atoms with E-state index in [0.29, 0.717) is 11.3 Å². The number of halogens is 3. The quantitative estimate of drug-likeness (QED) is 0.929. The first-order valence-corrected chi connectivity index (χ1v) is 5.98. The second kappa shape index (κ2) is 5.54. The van der Waals surface area contributed by atoms with Crippen LogP contribution in [0, 0.1) is 0 Å². The van der Waals surface area contributed by atoms with Gasteiger partial charge in [0.05, 0.1) is 18.7 Å². The van der Waals surface area contributed by atoms with Crippen molar-refractivity contribution in [1.29, 1.82) is 0 Å². The third-order valence-electron chi connectivity index (χ3n) is 3.07. The first kappa shape index (κ1) is 14.4. The molecular formula is C15H14F3NO. The van der Waals surface area contributed by atoms with Crippen LogP contribution >= 0.6 is 0 Å². The third kappa shape index (κ3) is 3.11. The van der Waals surface area contributed by atoms with Gasteiger partial charge in [-0.25, -0.2) is 0 Å². The summed E-state index contributed by atoms with van der Waals surface area (Å²) in [5.41, 5.74) is 6.81. The molecule has 0 aromatic heterocycles. The Hall–Kier alpha value is -2.01. The van der Waals surface area contributed by atoms with Crippen molar-refractivity contribution in [2.24, 2.45) is 5.73 Å². The van der Waals surface area contributed by atoms with Crippen molar-refractivity contribution in [3.63, 3.8) is 0 Å². The molecule has 0 spiro atoms. The molecule has 5 heteroatoms. The van der Waals surface area contributed by atoms with Crippen molar-refractivity contribution in [1.82, 2.24) is 0 Å². The summed E-state index contributed by atoms with van der Waals surface area (Å²) >= 11 is 0. The van der Waals surface area contributed by atoms with Gasteiger partial charge in [-0.05, 0) is 35.4 Å². The number of rotatable bonds is 3. The molecule has 0 amide bonds. The van der Waals surface area contributed by atoms with Gasteiger partial charge >= 0.3 is 6.18 Å². The zero-order chi connectivity index (χ0) is 14.8. The molecule has 0 aliphatic rings. The van der Waals surface area contributed by atoms with Gasteiger partial charge in [-0.15, -0.1) is 0 Å². The predicted molar refractivity (Wildman–Crippen MR) is 70.5 cm³/mol. The van der Waals surface area contributed by atoms with Crippen LogP contribution in [0.3, 0.4) is 0 Å². The van der Waals surface area contributed by atoms with Crippen molar-refractivity contribution >= 4 is 0 Å². The number of hydrogen-bond acceptors (Lipinski definition) is 2. The molecule has 0 bridgehead atoms. The van der Waals surface area contributed by atoms with Crippen LogP contribution in [-0.4, -0.2) is 7.11 Å². The van der Waals surface area contributed by atoms with Gasteiger partial charge in [-0.3, -0.25) is 0 Å². The van der Waals surface area contributed by atoms with Gasteiger partial charge in [0.15, 0.2) is 0 Å². The fourth-order valence-corrected chi connectivity index (χ4v) is 1.88. The Labute approximate surface area is 115 Å². The summed E-state index contributed by atoms with van der Waals surface area (Å²) in [5, 5.41) is 0. The van der Waals surface area contributed by atoms with Crippen LogP contribution in [-0.2, 0) is 6.18 Å². The maximum Gasteiger partial charge on any atom is 0.416 e.